The van der Waals surface area contributed by atoms with Crippen molar-refractivity contribution in [2.24, 2.45) is 0 Å². The molecule has 0 aromatic heterocycles. The third-order valence-corrected chi connectivity index (χ3v) is 5.65. The van der Waals surface area contributed by atoms with E-state index >= 15 is 0 Å². The summed E-state index contributed by atoms with van der Waals surface area (Å²) in [6, 6.07) is 1.44. The van der Waals surface area contributed by atoms with Gasteiger partial charge in [-0.1, -0.05) is 25.5 Å². The number of nitrogens with zero attached hydrogens (tertiary/aromatic N) is 2. The van der Waals surface area contributed by atoms with Crippen molar-refractivity contribution in [1.29, 1.82) is 0 Å². The second kappa shape index (κ2) is 10.2. The van der Waals surface area contributed by atoms with Crippen LogP contribution in [0, 0.1) is 13.8 Å². The number of benzene rings is 1. The second-order valence-electron chi connectivity index (χ2n) is 7.49. The van der Waals surface area contributed by atoms with Crippen LogP contribution in [0.15, 0.2) is 12.1 Å². The van der Waals surface area contributed by atoms with Crippen LogP contribution in [-0.4, -0.2) is 55.6 Å². The number of methoxy groups -OCH3 is 1. The number of piperazine rings is 1. The fourth-order valence-corrected chi connectivity index (χ4v) is 3.61. The highest BCUT2D eigenvalue weighted by Crippen LogP contribution is 2.31. The number of ether oxygens (including phenoxy) is 1. The van der Waals surface area contributed by atoms with Gasteiger partial charge in [0, 0.05) is 38.3 Å². The maximum Gasteiger partial charge on any atom is 0.253 e. The van der Waals surface area contributed by atoms with Gasteiger partial charge in [0.25, 0.3) is 6.43 Å². The zero-order chi connectivity index (χ0) is 20.0. The van der Waals surface area contributed by atoms with Crippen LogP contribution >= 0.6 is 0 Å². The standard InChI is InChI=1S/C22H34F2N2O/c1-6-7-8-9-19-17(3)16(2)14-21(27-5)20(19)15-25-10-12-26(13-11-25)18(4)22(23)24/h8-9,14,18,22H,6-7,10-13,15H2,1-5H3/b9-8-. The summed E-state index contributed by atoms with van der Waals surface area (Å²) in [7, 11) is 1.72. The van der Waals surface area contributed by atoms with Crippen molar-refractivity contribution in [3.8, 4) is 5.75 Å². The number of allylic oxidation sites excluding steroid dienone is 1. The molecule has 1 aliphatic heterocycles. The molecule has 0 saturated carbocycles. The quantitative estimate of drug-likeness (QED) is 0.638. The molecule has 3 nitrogen and oxygen atoms in total. The van der Waals surface area contributed by atoms with Crippen molar-refractivity contribution >= 4 is 6.08 Å². The van der Waals surface area contributed by atoms with Crippen LogP contribution in [0.1, 0.15) is 48.9 Å². The van der Waals surface area contributed by atoms with Gasteiger partial charge in [0.2, 0.25) is 0 Å². The first-order valence-corrected chi connectivity index (χ1v) is 9.97. The average Bonchev–Trinajstić information content (AvgIpc) is 2.66. The first kappa shape index (κ1) is 21.8. The molecule has 1 saturated heterocycles. The van der Waals surface area contributed by atoms with Gasteiger partial charge in [0.15, 0.2) is 0 Å². The first-order chi connectivity index (χ1) is 12.9. The molecule has 1 fully saturated rings. The fourth-order valence-electron chi connectivity index (χ4n) is 3.61. The molecule has 1 aromatic rings. The monoisotopic (exact) mass is 380 g/mol. The van der Waals surface area contributed by atoms with Crippen molar-refractivity contribution < 1.29 is 13.5 Å². The van der Waals surface area contributed by atoms with Gasteiger partial charge in [0.1, 0.15) is 5.75 Å². The minimum absolute atomic E-state index is 0.671. The molecule has 0 N–H and O–H groups in total. The van der Waals surface area contributed by atoms with Crippen molar-refractivity contribution in [2.75, 3.05) is 33.3 Å². The van der Waals surface area contributed by atoms with Crippen LogP contribution in [0.3, 0.4) is 0 Å². The smallest absolute Gasteiger partial charge is 0.253 e. The van der Waals surface area contributed by atoms with Gasteiger partial charge in [-0.2, -0.15) is 0 Å². The molecule has 1 heterocycles. The molecule has 1 atom stereocenters. The van der Waals surface area contributed by atoms with Crippen LogP contribution in [-0.2, 0) is 6.54 Å². The third kappa shape index (κ3) is 5.52. The molecular weight excluding hydrogens is 346 g/mol. The molecule has 0 spiro atoms. The Balaban J connectivity index is 2.19. The summed E-state index contributed by atoms with van der Waals surface area (Å²) in [6.45, 7) is 11.8. The molecule has 2 rings (SSSR count). The lowest BCUT2D eigenvalue weighted by Gasteiger charge is -2.38. The van der Waals surface area contributed by atoms with E-state index < -0.39 is 12.5 Å². The summed E-state index contributed by atoms with van der Waals surface area (Å²) in [5, 5.41) is 0. The van der Waals surface area contributed by atoms with E-state index in [9.17, 15) is 8.78 Å². The van der Waals surface area contributed by atoms with Gasteiger partial charge in [-0.05, 0) is 49.9 Å². The van der Waals surface area contributed by atoms with Crippen molar-refractivity contribution in [3.05, 3.63) is 34.4 Å². The molecule has 0 radical (unpaired) electrons. The Hall–Kier alpha value is -1.46. The number of hydrogen-bond donors (Lipinski definition) is 0. The maximum absolute atomic E-state index is 13.0. The molecule has 1 aromatic carbocycles. The molecule has 0 bridgehead atoms. The molecular formula is C22H34F2N2O. The van der Waals surface area contributed by atoms with E-state index in [1.54, 1.807) is 14.0 Å². The number of halogens is 2. The summed E-state index contributed by atoms with van der Waals surface area (Å²) < 4.78 is 31.6. The Morgan fingerprint density at radius 3 is 2.41 bits per heavy atom. The van der Waals surface area contributed by atoms with Crippen molar-refractivity contribution in [2.45, 2.75) is 59.5 Å². The Kier molecular flexibility index (Phi) is 8.24. The third-order valence-electron chi connectivity index (χ3n) is 5.65. The lowest BCUT2D eigenvalue weighted by molar-refractivity contribution is 0.00744. The SMILES string of the molecule is CCC/C=C\c1c(C)c(C)cc(OC)c1CN1CCN(C(C)C(F)F)CC1. The number of alkyl halides is 2. The predicted molar refractivity (Wildman–Crippen MR) is 109 cm³/mol. The van der Waals surface area contributed by atoms with Crippen LogP contribution in [0.5, 0.6) is 5.75 Å². The average molecular weight is 381 g/mol. The Bertz CT molecular complexity index is 638. The molecule has 5 heteroatoms. The van der Waals surface area contributed by atoms with E-state index in [1.165, 1.54) is 22.3 Å². The van der Waals surface area contributed by atoms with Gasteiger partial charge in [-0.15, -0.1) is 0 Å². The lowest BCUT2D eigenvalue weighted by Crippen LogP contribution is -2.51. The summed E-state index contributed by atoms with van der Waals surface area (Å²) >= 11 is 0. The maximum atomic E-state index is 13.0. The van der Waals surface area contributed by atoms with Crippen molar-refractivity contribution in [1.82, 2.24) is 9.80 Å². The summed E-state index contributed by atoms with van der Waals surface area (Å²) in [6.07, 6.45) is 4.34. The molecule has 1 aliphatic rings. The molecule has 1 unspecified atom stereocenters. The first-order valence-electron chi connectivity index (χ1n) is 9.97. The molecule has 0 aliphatic carbocycles. The summed E-state index contributed by atoms with van der Waals surface area (Å²) in [5.74, 6) is 0.914. The van der Waals surface area contributed by atoms with Crippen LogP contribution in [0.4, 0.5) is 8.78 Å². The summed E-state index contributed by atoms with van der Waals surface area (Å²) in [4.78, 5) is 4.24. The highest BCUT2D eigenvalue weighted by Gasteiger charge is 2.27. The van der Waals surface area contributed by atoms with Gasteiger partial charge in [-0.25, -0.2) is 8.78 Å². The molecule has 0 amide bonds. The largest absolute Gasteiger partial charge is 0.496 e. The molecule has 27 heavy (non-hydrogen) atoms. The van der Waals surface area contributed by atoms with E-state index in [1.807, 2.05) is 4.90 Å². The Morgan fingerprint density at radius 1 is 1.19 bits per heavy atom. The number of aryl methyl sites for hydroxylation is 1. The minimum Gasteiger partial charge on any atom is -0.496 e. The number of unbranched alkanes of at least 4 members (excludes halogenated alkanes) is 1. The lowest BCUT2D eigenvalue weighted by atomic mass is 9.95. The van der Waals surface area contributed by atoms with E-state index in [4.69, 9.17) is 4.74 Å². The van der Waals surface area contributed by atoms with Crippen molar-refractivity contribution in [3.63, 3.8) is 0 Å². The highest BCUT2D eigenvalue weighted by molar-refractivity contribution is 5.63. The number of hydrogen-bond acceptors (Lipinski definition) is 3. The van der Waals surface area contributed by atoms with Gasteiger partial charge < -0.3 is 4.74 Å². The van der Waals surface area contributed by atoms with Crippen LogP contribution in [0.25, 0.3) is 6.08 Å². The van der Waals surface area contributed by atoms with E-state index in [-0.39, 0.29) is 0 Å². The van der Waals surface area contributed by atoms with Gasteiger partial charge in [-0.3, -0.25) is 9.80 Å². The molecule has 152 valence electrons. The zero-order valence-electron chi connectivity index (χ0n) is 17.4. The van der Waals surface area contributed by atoms with E-state index in [0.717, 1.165) is 38.2 Å². The normalized spacial score (nSPS) is 17.8. The second-order valence-corrected chi connectivity index (χ2v) is 7.49. The van der Waals surface area contributed by atoms with Gasteiger partial charge in [0.05, 0.1) is 13.2 Å². The van der Waals surface area contributed by atoms with Crippen LogP contribution < -0.4 is 4.74 Å². The fraction of sp³-hybridized carbons (Fsp3) is 0.636. The van der Waals surface area contributed by atoms with Crippen LogP contribution in [0.2, 0.25) is 0 Å². The topological polar surface area (TPSA) is 15.7 Å². The van der Waals surface area contributed by atoms with E-state index in [0.29, 0.717) is 13.1 Å². The minimum atomic E-state index is -2.29. The summed E-state index contributed by atoms with van der Waals surface area (Å²) in [5.41, 5.74) is 4.94. The Labute approximate surface area is 163 Å². The Morgan fingerprint density at radius 2 is 1.85 bits per heavy atom. The zero-order valence-corrected chi connectivity index (χ0v) is 17.4. The van der Waals surface area contributed by atoms with Gasteiger partial charge >= 0.3 is 0 Å². The number of rotatable bonds is 8. The van der Waals surface area contributed by atoms with E-state index in [2.05, 4.69) is 43.9 Å². The predicted octanol–water partition coefficient (Wildman–Crippen LogP) is 4.90. The highest BCUT2D eigenvalue weighted by atomic mass is 19.3.